The van der Waals surface area contributed by atoms with Crippen molar-refractivity contribution in [2.45, 2.75) is 11.8 Å². The molecule has 2 rings (SSSR count). The molecule has 1 atom stereocenters. The molecule has 0 bridgehead atoms. The summed E-state index contributed by atoms with van der Waals surface area (Å²) in [6, 6.07) is 6.08. The Morgan fingerprint density at radius 3 is 2.86 bits per heavy atom. The summed E-state index contributed by atoms with van der Waals surface area (Å²) in [4.78, 5) is 16.1. The molecule has 1 amide bonds. The monoisotopic (exact) mass is 344 g/mol. The maximum absolute atomic E-state index is 12.1. The van der Waals surface area contributed by atoms with Crippen molar-refractivity contribution in [3.05, 3.63) is 28.8 Å². The molecule has 0 saturated carbocycles. The standard InChI is InChI=1S/C15H21ClN2OS2/c1-17(2)11-5-6-12(13(16)9-11)15-18(7-4-8-20-3)14(19)10-21-15/h5-6,9,15H,4,7-8,10H2,1-3H3. The SMILES string of the molecule is CSCCCN1C(=O)CSC1c1ccc(N(C)C)cc1Cl. The Balaban J connectivity index is 2.17. The molecule has 21 heavy (non-hydrogen) atoms. The normalized spacial score (nSPS) is 18.4. The Labute approximate surface area is 140 Å². The number of hydrogen-bond donors (Lipinski definition) is 0. The largest absolute Gasteiger partial charge is 0.378 e. The fraction of sp³-hybridized carbons (Fsp3) is 0.533. The van der Waals surface area contributed by atoms with Crippen molar-refractivity contribution in [1.29, 1.82) is 0 Å². The number of benzene rings is 1. The van der Waals surface area contributed by atoms with E-state index >= 15 is 0 Å². The Hall–Kier alpha value is -0.520. The number of halogens is 1. The molecule has 1 unspecified atom stereocenters. The first kappa shape index (κ1) is 16.8. The number of rotatable bonds is 6. The van der Waals surface area contributed by atoms with Crippen molar-refractivity contribution in [3.63, 3.8) is 0 Å². The first-order chi connectivity index (χ1) is 10.0. The predicted molar refractivity (Wildman–Crippen MR) is 95.7 cm³/mol. The van der Waals surface area contributed by atoms with Gasteiger partial charge in [-0.3, -0.25) is 4.79 Å². The Bertz CT molecular complexity index is 510. The van der Waals surface area contributed by atoms with Crippen LogP contribution in [0.2, 0.25) is 5.02 Å². The average molecular weight is 345 g/mol. The highest BCUT2D eigenvalue weighted by Gasteiger charge is 2.33. The molecule has 1 aromatic rings. The van der Waals surface area contributed by atoms with E-state index in [0.29, 0.717) is 5.75 Å². The van der Waals surface area contributed by atoms with Crippen molar-refractivity contribution >= 4 is 46.7 Å². The molecule has 0 aliphatic carbocycles. The summed E-state index contributed by atoms with van der Waals surface area (Å²) >= 11 is 9.93. The van der Waals surface area contributed by atoms with Crippen LogP contribution in [0.3, 0.4) is 0 Å². The van der Waals surface area contributed by atoms with Crippen LogP contribution in [0.25, 0.3) is 0 Å². The maximum Gasteiger partial charge on any atom is 0.233 e. The predicted octanol–water partition coefficient (Wildman–Crippen LogP) is 3.73. The lowest BCUT2D eigenvalue weighted by atomic mass is 10.1. The number of nitrogens with zero attached hydrogens (tertiary/aromatic N) is 2. The number of carbonyl (C=O) groups is 1. The van der Waals surface area contributed by atoms with Crippen molar-refractivity contribution in [2.24, 2.45) is 0 Å². The van der Waals surface area contributed by atoms with Crippen LogP contribution in [0.5, 0.6) is 0 Å². The van der Waals surface area contributed by atoms with E-state index in [-0.39, 0.29) is 11.3 Å². The molecule has 1 aliphatic rings. The van der Waals surface area contributed by atoms with Gasteiger partial charge in [-0.2, -0.15) is 11.8 Å². The van der Waals surface area contributed by atoms with E-state index < -0.39 is 0 Å². The molecule has 1 saturated heterocycles. The highest BCUT2D eigenvalue weighted by molar-refractivity contribution is 8.00. The number of anilines is 1. The van der Waals surface area contributed by atoms with E-state index in [9.17, 15) is 4.79 Å². The zero-order valence-corrected chi connectivity index (χ0v) is 15.0. The van der Waals surface area contributed by atoms with Crippen LogP contribution >= 0.6 is 35.1 Å². The Morgan fingerprint density at radius 1 is 1.48 bits per heavy atom. The molecule has 3 nitrogen and oxygen atoms in total. The lowest BCUT2D eigenvalue weighted by Gasteiger charge is -2.25. The molecule has 116 valence electrons. The van der Waals surface area contributed by atoms with Gasteiger partial charge >= 0.3 is 0 Å². The molecular weight excluding hydrogens is 324 g/mol. The minimum Gasteiger partial charge on any atom is -0.378 e. The van der Waals surface area contributed by atoms with Gasteiger partial charge in [-0.05, 0) is 30.6 Å². The zero-order chi connectivity index (χ0) is 15.4. The van der Waals surface area contributed by atoms with Crippen LogP contribution in [0.15, 0.2) is 18.2 Å². The molecule has 1 aromatic carbocycles. The van der Waals surface area contributed by atoms with E-state index in [4.69, 9.17) is 11.6 Å². The topological polar surface area (TPSA) is 23.6 Å². The van der Waals surface area contributed by atoms with Gasteiger partial charge in [0.1, 0.15) is 5.37 Å². The number of amides is 1. The summed E-state index contributed by atoms with van der Waals surface area (Å²) in [7, 11) is 3.99. The molecule has 1 aliphatic heterocycles. The molecular formula is C15H21ClN2OS2. The second-order valence-electron chi connectivity index (χ2n) is 5.20. The van der Waals surface area contributed by atoms with Gasteiger partial charge in [0, 0.05) is 36.9 Å². The zero-order valence-electron chi connectivity index (χ0n) is 12.6. The molecule has 0 radical (unpaired) electrons. The summed E-state index contributed by atoms with van der Waals surface area (Å²) in [5.74, 6) is 1.85. The molecule has 0 N–H and O–H groups in total. The van der Waals surface area contributed by atoms with Gasteiger partial charge in [0.15, 0.2) is 0 Å². The Morgan fingerprint density at radius 2 is 2.24 bits per heavy atom. The van der Waals surface area contributed by atoms with E-state index in [0.717, 1.165) is 35.0 Å². The van der Waals surface area contributed by atoms with E-state index in [1.807, 2.05) is 41.7 Å². The third-order valence-corrected chi connectivity index (χ3v) is 5.74. The second kappa shape index (κ2) is 7.65. The first-order valence-corrected chi connectivity index (χ1v) is 9.73. The van der Waals surface area contributed by atoms with Crippen molar-refractivity contribution in [1.82, 2.24) is 4.90 Å². The minimum absolute atomic E-state index is 0.0584. The smallest absolute Gasteiger partial charge is 0.233 e. The summed E-state index contributed by atoms with van der Waals surface area (Å²) in [6.07, 6.45) is 3.12. The van der Waals surface area contributed by atoms with Crippen molar-refractivity contribution in [3.8, 4) is 0 Å². The molecule has 1 heterocycles. The fourth-order valence-electron chi connectivity index (χ4n) is 2.33. The highest BCUT2D eigenvalue weighted by Crippen LogP contribution is 2.42. The lowest BCUT2D eigenvalue weighted by molar-refractivity contribution is -0.128. The second-order valence-corrected chi connectivity index (χ2v) is 7.66. The van der Waals surface area contributed by atoms with E-state index in [2.05, 4.69) is 18.4 Å². The van der Waals surface area contributed by atoms with Gasteiger partial charge in [0.25, 0.3) is 0 Å². The van der Waals surface area contributed by atoms with Crippen molar-refractivity contribution in [2.75, 3.05) is 43.3 Å². The van der Waals surface area contributed by atoms with Crippen LogP contribution < -0.4 is 4.90 Å². The summed E-state index contributed by atoms with van der Waals surface area (Å²) in [5, 5.41) is 0.798. The third kappa shape index (κ3) is 4.02. The summed E-state index contributed by atoms with van der Waals surface area (Å²) < 4.78 is 0. The lowest BCUT2D eigenvalue weighted by Crippen LogP contribution is -2.29. The number of carbonyl (C=O) groups excluding carboxylic acids is 1. The summed E-state index contributed by atoms with van der Waals surface area (Å²) in [5.41, 5.74) is 2.12. The minimum atomic E-state index is 0.0584. The van der Waals surface area contributed by atoms with Crippen LogP contribution in [0, 0.1) is 0 Å². The van der Waals surface area contributed by atoms with Crippen LogP contribution in [0.1, 0.15) is 17.4 Å². The van der Waals surface area contributed by atoms with E-state index in [1.54, 1.807) is 11.8 Å². The molecule has 6 heteroatoms. The Kier molecular flexibility index (Phi) is 6.14. The number of thioether (sulfide) groups is 2. The molecule has 0 aromatic heterocycles. The fourth-order valence-corrected chi connectivity index (χ4v) is 4.34. The average Bonchev–Trinajstić information content (AvgIpc) is 2.80. The first-order valence-electron chi connectivity index (χ1n) is 6.91. The summed E-state index contributed by atoms with van der Waals surface area (Å²) in [6.45, 7) is 0.809. The van der Waals surface area contributed by atoms with Crippen molar-refractivity contribution < 1.29 is 4.79 Å². The number of hydrogen-bond acceptors (Lipinski definition) is 4. The van der Waals surface area contributed by atoms with Crippen LogP contribution in [-0.2, 0) is 4.79 Å². The maximum atomic E-state index is 12.1. The van der Waals surface area contributed by atoms with E-state index in [1.165, 1.54) is 0 Å². The highest BCUT2D eigenvalue weighted by atomic mass is 35.5. The van der Waals surface area contributed by atoms with Gasteiger partial charge < -0.3 is 9.80 Å². The van der Waals surface area contributed by atoms with Gasteiger partial charge in [-0.15, -0.1) is 11.8 Å². The van der Waals surface area contributed by atoms with Gasteiger partial charge in [0.05, 0.1) is 5.75 Å². The molecule has 1 fully saturated rings. The third-order valence-electron chi connectivity index (χ3n) is 3.48. The van der Waals surface area contributed by atoms with Gasteiger partial charge in [-0.25, -0.2) is 0 Å². The van der Waals surface area contributed by atoms with Crippen LogP contribution in [-0.4, -0.2) is 49.2 Å². The van der Waals surface area contributed by atoms with Crippen LogP contribution in [0.4, 0.5) is 5.69 Å². The van der Waals surface area contributed by atoms with Gasteiger partial charge in [-0.1, -0.05) is 17.7 Å². The quantitative estimate of drug-likeness (QED) is 0.733. The molecule has 0 spiro atoms. The van der Waals surface area contributed by atoms with Gasteiger partial charge in [0.2, 0.25) is 5.91 Å².